The third-order valence-electron chi connectivity index (χ3n) is 4.09. The zero-order chi connectivity index (χ0) is 14.2. The molecule has 0 saturated carbocycles. The lowest BCUT2D eigenvalue weighted by Gasteiger charge is -2.26. The molecule has 2 heterocycles. The van der Waals surface area contributed by atoms with Crippen molar-refractivity contribution < 1.29 is 4.58 Å². The Morgan fingerprint density at radius 1 is 1.05 bits per heavy atom. The van der Waals surface area contributed by atoms with Gasteiger partial charge in [-0.25, -0.2) is 0 Å². The summed E-state index contributed by atoms with van der Waals surface area (Å²) in [6.45, 7) is 7.25. The second-order valence-electron chi connectivity index (χ2n) is 5.55. The van der Waals surface area contributed by atoms with Gasteiger partial charge in [-0.2, -0.15) is 0 Å². The molecule has 114 valence electrons. The molecule has 20 heavy (non-hydrogen) atoms. The molecule has 0 bridgehead atoms. The summed E-state index contributed by atoms with van der Waals surface area (Å²) in [6.07, 6.45) is 12.9. The fourth-order valence-corrected chi connectivity index (χ4v) is 4.56. The molecule has 0 radical (unpaired) electrons. The summed E-state index contributed by atoms with van der Waals surface area (Å²) in [7, 11) is 0. The Morgan fingerprint density at radius 3 is 2.30 bits per heavy atom. The average molecular weight is 314 g/mol. The number of nitrogens with zero attached hydrogens (tertiary/aromatic N) is 2. The normalized spacial score (nSPS) is 21.2. The first kappa shape index (κ1) is 16.3. The zero-order valence-corrected chi connectivity index (χ0v) is 14.7. The van der Waals surface area contributed by atoms with Crippen LogP contribution >= 0.6 is 23.5 Å². The van der Waals surface area contributed by atoms with Gasteiger partial charge in [0.1, 0.15) is 0 Å². The summed E-state index contributed by atoms with van der Waals surface area (Å²) in [6, 6.07) is 0. The second kappa shape index (κ2) is 9.04. The lowest BCUT2D eigenvalue weighted by atomic mass is 10.1. The van der Waals surface area contributed by atoms with E-state index >= 15 is 0 Å². The van der Waals surface area contributed by atoms with Crippen LogP contribution in [-0.4, -0.2) is 53.5 Å². The third kappa shape index (κ3) is 4.73. The minimum atomic E-state index is 1.17. The highest BCUT2D eigenvalue weighted by molar-refractivity contribution is 8.22. The van der Waals surface area contributed by atoms with Crippen molar-refractivity contribution >= 4 is 29.4 Å². The van der Waals surface area contributed by atoms with E-state index in [1.807, 2.05) is 23.5 Å². The van der Waals surface area contributed by atoms with E-state index in [9.17, 15) is 0 Å². The zero-order valence-electron chi connectivity index (χ0n) is 13.1. The van der Waals surface area contributed by atoms with E-state index in [1.165, 1.54) is 80.5 Å². The molecule has 0 aromatic heterocycles. The SMILES string of the molecule is CCS/C(=C/C(N1CCCCC1)=[N+]1CCCCC1)SC. The lowest BCUT2D eigenvalue weighted by Crippen LogP contribution is -2.42. The van der Waals surface area contributed by atoms with Gasteiger partial charge in [0.15, 0.2) is 0 Å². The van der Waals surface area contributed by atoms with Crippen LogP contribution in [0.4, 0.5) is 0 Å². The summed E-state index contributed by atoms with van der Waals surface area (Å²) in [4.78, 5) is 2.64. The van der Waals surface area contributed by atoms with Gasteiger partial charge in [0.05, 0.1) is 26.2 Å². The van der Waals surface area contributed by atoms with Gasteiger partial charge < -0.3 is 0 Å². The Labute approximate surface area is 133 Å². The minimum absolute atomic E-state index is 1.17. The maximum atomic E-state index is 2.64. The van der Waals surface area contributed by atoms with Gasteiger partial charge in [-0.15, -0.1) is 23.5 Å². The molecule has 2 aliphatic rings. The molecule has 0 unspecified atom stereocenters. The van der Waals surface area contributed by atoms with Gasteiger partial charge in [0.2, 0.25) is 0 Å². The van der Waals surface area contributed by atoms with Crippen LogP contribution in [0.2, 0.25) is 0 Å². The summed E-state index contributed by atoms with van der Waals surface area (Å²) in [5.74, 6) is 2.68. The largest absolute Gasteiger partial charge is 0.273 e. The topological polar surface area (TPSA) is 6.25 Å². The molecule has 2 aliphatic heterocycles. The highest BCUT2D eigenvalue weighted by Gasteiger charge is 2.24. The van der Waals surface area contributed by atoms with Crippen LogP contribution in [0.15, 0.2) is 10.3 Å². The van der Waals surface area contributed by atoms with Crippen LogP contribution in [0, 0.1) is 0 Å². The Bertz CT molecular complexity index is 349. The van der Waals surface area contributed by atoms with E-state index in [2.05, 4.69) is 28.7 Å². The van der Waals surface area contributed by atoms with E-state index in [0.717, 1.165) is 0 Å². The molecule has 0 N–H and O–H groups in total. The predicted molar refractivity (Wildman–Crippen MR) is 94.0 cm³/mol. The quantitative estimate of drug-likeness (QED) is 0.571. The van der Waals surface area contributed by atoms with Gasteiger partial charge in [-0.1, -0.05) is 6.92 Å². The Hall–Kier alpha value is -0.0900. The van der Waals surface area contributed by atoms with Crippen LogP contribution in [0.3, 0.4) is 0 Å². The Balaban J connectivity index is 2.22. The summed E-state index contributed by atoms with van der Waals surface area (Å²) >= 11 is 3.88. The maximum absolute atomic E-state index is 2.64. The molecule has 0 aromatic rings. The highest BCUT2D eigenvalue weighted by atomic mass is 32.2. The molecule has 0 aliphatic carbocycles. The van der Waals surface area contributed by atoms with Crippen molar-refractivity contribution in [3.63, 3.8) is 0 Å². The predicted octanol–water partition coefficient (Wildman–Crippen LogP) is 4.02. The molecule has 0 amide bonds. The number of rotatable bonds is 4. The first-order valence-electron chi connectivity index (χ1n) is 8.10. The maximum Gasteiger partial charge on any atom is 0.273 e. The fraction of sp³-hybridized carbons (Fsp3) is 0.812. The smallest absolute Gasteiger partial charge is 0.262 e. The summed E-state index contributed by atoms with van der Waals surface area (Å²) in [5, 5.41) is 0. The van der Waals surface area contributed by atoms with Crippen molar-refractivity contribution in [2.45, 2.75) is 45.4 Å². The van der Waals surface area contributed by atoms with Crippen molar-refractivity contribution in [3.05, 3.63) is 10.3 Å². The summed E-state index contributed by atoms with van der Waals surface area (Å²) < 4.78 is 4.11. The van der Waals surface area contributed by atoms with Gasteiger partial charge in [-0.3, -0.25) is 9.48 Å². The van der Waals surface area contributed by atoms with Crippen LogP contribution in [0.25, 0.3) is 0 Å². The van der Waals surface area contributed by atoms with E-state index in [1.54, 1.807) is 0 Å². The lowest BCUT2D eigenvalue weighted by molar-refractivity contribution is -0.541. The van der Waals surface area contributed by atoms with Crippen molar-refractivity contribution in [3.8, 4) is 0 Å². The average Bonchev–Trinajstić information content (AvgIpc) is 2.53. The van der Waals surface area contributed by atoms with Gasteiger partial charge in [-0.05, 0) is 50.5 Å². The van der Waals surface area contributed by atoms with E-state index in [4.69, 9.17) is 0 Å². The molecule has 4 heteroatoms. The van der Waals surface area contributed by atoms with Crippen molar-refractivity contribution in [1.82, 2.24) is 4.90 Å². The first-order chi connectivity index (χ1) is 9.85. The molecule has 0 aromatic carbocycles. The third-order valence-corrected chi connectivity index (χ3v) is 6.16. The van der Waals surface area contributed by atoms with Gasteiger partial charge in [0.25, 0.3) is 5.84 Å². The van der Waals surface area contributed by atoms with E-state index in [0.29, 0.717) is 0 Å². The van der Waals surface area contributed by atoms with Crippen molar-refractivity contribution in [2.75, 3.05) is 38.2 Å². The monoisotopic (exact) mass is 313 g/mol. The highest BCUT2D eigenvalue weighted by Crippen LogP contribution is 2.26. The molecule has 2 nitrogen and oxygen atoms in total. The fourth-order valence-electron chi connectivity index (χ4n) is 3.04. The summed E-state index contributed by atoms with van der Waals surface area (Å²) in [5.41, 5.74) is 0. The number of piperidine rings is 2. The number of thioether (sulfide) groups is 2. The van der Waals surface area contributed by atoms with Crippen LogP contribution in [-0.2, 0) is 0 Å². The molecule has 2 fully saturated rings. The van der Waals surface area contributed by atoms with E-state index in [-0.39, 0.29) is 0 Å². The molecule has 0 atom stereocenters. The number of hydrogen-bond acceptors (Lipinski definition) is 2. The molecule has 2 saturated heterocycles. The number of hydrogen-bond donors (Lipinski definition) is 0. The van der Waals surface area contributed by atoms with Crippen LogP contribution in [0.1, 0.15) is 45.4 Å². The first-order valence-corrected chi connectivity index (χ1v) is 10.3. The van der Waals surface area contributed by atoms with Crippen LogP contribution < -0.4 is 0 Å². The van der Waals surface area contributed by atoms with Crippen LogP contribution in [0.5, 0.6) is 0 Å². The number of amidine groups is 1. The minimum Gasteiger partial charge on any atom is -0.262 e. The Kier molecular flexibility index (Phi) is 7.36. The second-order valence-corrected chi connectivity index (χ2v) is 7.97. The molecule has 0 spiro atoms. The molecule has 2 rings (SSSR count). The van der Waals surface area contributed by atoms with Crippen molar-refractivity contribution in [1.29, 1.82) is 0 Å². The van der Waals surface area contributed by atoms with E-state index < -0.39 is 0 Å². The van der Waals surface area contributed by atoms with Gasteiger partial charge >= 0.3 is 0 Å². The van der Waals surface area contributed by atoms with Gasteiger partial charge in [0, 0.05) is 10.3 Å². The van der Waals surface area contributed by atoms with Crippen molar-refractivity contribution in [2.24, 2.45) is 0 Å². The molecular weight excluding hydrogens is 284 g/mol. The number of likely N-dealkylation sites (tertiary alicyclic amines) is 1. The standard InChI is InChI=1S/C16H29N2S2/c1-3-20-16(19-2)14-15(17-10-6-4-7-11-17)18-12-8-5-9-13-18/h14H,3-13H2,1-2H3/q+1/b16-14+. The molecular formula is C16H29N2S2+. The Morgan fingerprint density at radius 2 is 1.70 bits per heavy atom.